The largest absolute Gasteiger partial charge is 0.489 e. The standard InChI is InChI=1S/C19H22O3/c1-14(2)12-15-6-10-18(11-7-15)22-13-16-4-8-17(9-5-16)19(20)21-3/h4-11,14H,12-13H2,1-3H3. The molecule has 0 atom stereocenters. The predicted molar refractivity (Wildman–Crippen MR) is 87.1 cm³/mol. The fourth-order valence-electron chi connectivity index (χ4n) is 2.21. The Kier molecular flexibility index (Phi) is 5.59. The number of methoxy groups -OCH3 is 1. The van der Waals surface area contributed by atoms with Gasteiger partial charge in [0.2, 0.25) is 0 Å². The van der Waals surface area contributed by atoms with Crippen LogP contribution in [0.2, 0.25) is 0 Å². The van der Waals surface area contributed by atoms with E-state index in [0.717, 1.165) is 17.7 Å². The minimum Gasteiger partial charge on any atom is -0.489 e. The van der Waals surface area contributed by atoms with Crippen molar-refractivity contribution in [2.45, 2.75) is 26.9 Å². The summed E-state index contributed by atoms with van der Waals surface area (Å²) in [5.74, 6) is 1.18. The number of ether oxygens (including phenoxy) is 2. The van der Waals surface area contributed by atoms with Gasteiger partial charge >= 0.3 is 5.97 Å². The van der Waals surface area contributed by atoms with E-state index in [0.29, 0.717) is 18.1 Å². The molecule has 2 aromatic carbocycles. The Hall–Kier alpha value is -2.29. The lowest BCUT2D eigenvalue weighted by molar-refractivity contribution is 0.0600. The van der Waals surface area contributed by atoms with Crippen LogP contribution < -0.4 is 4.74 Å². The summed E-state index contributed by atoms with van der Waals surface area (Å²) in [6.45, 7) is 4.90. The molecule has 3 heteroatoms. The van der Waals surface area contributed by atoms with Gasteiger partial charge in [-0.25, -0.2) is 4.79 Å². The molecule has 0 spiro atoms. The lowest BCUT2D eigenvalue weighted by atomic mass is 10.0. The SMILES string of the molecule is COC(=O)c1ccc(COc2ccc(CC(C)C)cc2)cc1. The second kappa shape index (κ2) is 7.64. The Balaban J connectivity index is 1.91. The van der Waals surface area contributed by atoms with Crippen LogP contribution in [-0.4, -0.2) is 13.1 Å². The first-order valence-electron chi connectivity index (χ1n) is 7.47. The quantitative estimate of drug-likeness (QED) is 0.748. The molecule has 0 aliphatic carbocycles. The minimum absolute atomic E-state index is 0.326. The first-order chi connectivity index (χ1) is 10.6. The Bertz CT molecular complexity index is 598. The van der Waals surface area contributed by atoms with Crippen molar-refractivity contribution in [2.24, 2.45) is 5.92 Å². The maximum Gasteiger partial charge on any atom is 0.337 e. The second-order valence-electron chi connectivity index (χ2n) is 5.72. The van der Waals surface area contributed by atoms with Gasteiger partial charge in [0, 0.05) is 0 Å². The van der Waals surface area contributed by atoms with Crippen LogP contribution in [0.4, 0.5) is 0 Å². The molecule has 0 heterocycles. The van der Waals surface area contributed by atoms with E-state index in [1.807, 2.05) is 24.3 Å². The number of benzene rings is 2. The van der Waals surface area contributed by atoms with Crippen molar-refractivity contribution in [3.8, 4) is 5.75 Å². The minimum atomic E-state index is -0.326. The third kappa shape index (κ3) is 4.62. The highest BCUT2D eigenvalue weighted by molar-refractivity contribution is 5.89. The van der Waals surface area contributed by atoms with Crippen LogP contribution in [0, 0.1) is 5.92 Å². The van der Waals surface area contributed by atoms with Crippen molar-refractivity contribution in [3.63, 3.8) is 0 Å². The van der Waals surface area contributed by atoms with Gasteiger partial charge in [-0.3, -0.25) is 0 Å². The molecule has 3 nitrogen and oxygen atoms in total. The number of hydrogen-bond acceptors (Lipinski definition) is 3. The van der Waals surface area contributed by atoms with Crippen LogP contribution in [-0.2, 0) is 17.8 Å². The van der Waals surface area contributed by atoms with Crippen molar-refractivity contribution >= 4 is 5.97 Å². The van der Waals surface area contributed by atoms with Crippen LogP contribution in [0.3, 0.4) is 0 Å². The fraction of sp³-hybridized carbons (Fsp3) is 0.316. The molecule has 0 bridgehead atoms. The fourth-order valence-corrected chi connectivity index (χ4v) is 2.21. The average molecular weight is 298 g/mol. The summed E-state index contributed by atoms with van der Waals surface area (Å²) in [4.78, 5) is 11.4. The van der Waals surface area contributed by atoms with Gasteiger partial charge in [-0.05, 0) is 47.7 Å². The first kappa shape index (κ1) is 16.1. The van der Waals surface area contributed by atoms with Gasteiger partial charge in [0.25, 0.3) is 0 Å². The molecule has 0 N–H and O–H groups in total. The third-order valence-electron chi connectivity index (χ3n) is 3.35. The number of carbonyl (C=O) groups is 1. The van der Waals surface area contributed by atoms with Crippen molar-refractivity contribution < 1.29 is 14.3 Å². The van der Waals surface area contributed by atoms with Gasteiger partial charge in [-0.1, -0.05) is 38.1 Å². The molecule has 22 heavy (non-hydrogen) atoms. The number of carbonyl (C=O) groups excluding carboxylic acids is 1. The second-order valence-corrected chi connectivity index (χ2v) is 5.72. The molecule has 0 radical (unpaired) electrons. The van der Waals surface area contributed by atoms with E-state index in [9.17, 15) is 4.79 Å². The topological polar surface area (TPSA) is 35.5 Å². The normalized spacial score (nSPS) is 10.5. The highest BCUT2D eigenvalue weighted by atomic mass is 16.5. The van der Waals surface area contributed by atoms with E-state index in [2.05, 4.69) is 30.7 Å². The van der Waals surface area contributed by atoms with Gasteiger partial charge in [-0.15, -0.1) is 0 Å². The molecule has 2 aromatic rings. The lowest BCUT2D eigenvalue weighted by Crippen LogP contribution is -2.02. The molecule has 0 fully saturated rings. The number of rotatable bonds is 6. The molecule has 116 valence electrons. The smallest absolute Gasteiger partial charge is 0.337 e. The van der Waals surface area contributed by atoms with Crippen molar-refractivity contribution in [1.29, 1.82) is 0 Å². The molecule has 0 saturated heterocycles. The Labute approximate surface area is 131 Å². The van der Waals surface area contributed by atoms with E-state index >= 15 is 0 Å². The highest BCUT2D eigenvalue weighted by Gasteiger charge is 2.04. The predicted octanol–water partition coefficient (Wildman–Crippen LogP) is 4.25. The Morgan fingerprint density at radius 1 is 0.955 bits per heavy atom. The zero-order valence-electron chi connectivity index (χ0n) is 13.3. The molecular weight excluding hydrogens is 276 g/mol. The van der Waals surface area contributed by atoms with E-state index in [-0.39, 0.29) is 5.97 Å². The summed E-state index contributed by atoms with van der Waals surface area (Å²) < 4.78 is 10.4. The van der Waals surface area contributed by atoms with Crippen molar-refractivity contribution in [3.05, 3.63) is 65.2 Å². The van der Waals surface area contributed by atoms with Gasteiger partial charge in [-0.2, -0.15) is 0 Å². The van der Waals surface area contributed by atoms with Crippen LogP contribution in [0.25, 0.3) is 0 Å². The molecule has 0 aliphatic heterocycles. The number of hydrogen-bond donors (Lipinski definition) is 0. The third-order valence-corrected chi connectivity index (χ3v) is 3.35. The van der Waals surface area contributed by atoms with E-state index in [4.69, 9.17) is 4.74 Å². The monoisotopic (exact) mass is 298 g/mol. The number of esters is 1. The van der Waals surface area contributed by atoms with E-state index in [1.165, 1.54) is 12.7 Å². The molecule has 0 saturated carbocycles. The highest BCUT2D eigenvalue weighted by Crippen LogP contribution is 2.16. The Morgan fingerprint density at radius 3 is 2.09 bits per heavy atom. The first-order valence-corrected chi connectivity index (χ1v) is 7.47. The Morgan fingerprint density at radius 2 is 1.55 bits per heavy atom. The molecule has 0 aromatic heterocycles. The van der Waals surface area contributed by atoms with Gasteiger partial charge in [0.1, 0.15) is 12.4 Å². The molecule has 0 unspecified atom stereocenters. The van der Waals surface area contributed by atoms with E-state index < -0.39 is 0 Å². The molecule has 0 amide bonds. The maximum absolute atomic E-state index is 11.4. The summed E-state index contributed by atoms with van der Waals surface area (Å²) in [6, 6.07) is 15.5. The summed E-state index contributed by atoms with van der Waals surface area (Å²) in [5.41, 5.74) is 2.88. The van der Waals surface area contributed by atoms with Crippen LogP contribution in [0.1, 0.15) is 35.3 Å². The summed E-state index contributed by atoms with van der Waals surface area (Å²) in [7, 11) is 1.38. The van der Waals surface area contributed by atoms with Crippen LogP contribution in [0.15, 0.2) is 48.5 Å². The molecule has 0 aliphatic rings. The summed E-state index contributed by atoms with van der Waals surface area (Å²) >= 11 is 0. The van der Waals surface area contributed by atoms with Crippen LogP contribution >= 0.6 is 0 Å². The summed E-state index contributed by atoms with van der Waals surface area (Å²) in [5, 5.41) is 0. The zero-order valence-corrected chi connectivity index (χ0v) is 13.3. The molecular formula is C19H22O3. The molecule has 2 rings (SSSR count). The lowest BCUT2D eigenvalue weighted by Gasteiger charge is -2.09. The van der Waals surface area contributed by atoms with Crippen LogP contribution in [0.5, 0.6) is 5.75 Å². The van der Waals surface area contributed by atoms with Crippen molar-refractivity contribution in [2.75, 3.05) is 7.11 Å². The van der Waals surface area contributed by atoms with Gasteiger partial charge in [0.15, 0.2) is 0 Å². The van der Waals surface area contributed by atoms with Gasteiger partial charge in [0.05, 0.1) is 12.7 Å². The average Bonchev–Trinajstić information content (AvgIpc) is 2.53. The zero-order chi connectivity index (χ0) is 15.9. The van der Waals surface area contributed by atoms with Gasteiger partial charge < -0.3 is 9.47 Å². The summed E-state index contributed by atoms with van der Waals surface area (Å²) in [6.07, 6.45) is 1.08. The van der Waals surface area contributed by atoms with Crippen molar-refractivity contribution in [1.82, 2.24) is 0 Å². The van der Waals surface area contributed by atoms with E-state index in [1.54, 1.807) is 12.1 Å². The maximum atomic E-state index is 11.4.